The van der Waals surface area contributed by atoms with E-state index in [-0.39, 0.29) is 17.9 Å². The molecule has 2 unspecified atom stereocenters. The highest BCUT2D eigenvalue weighted by Crippen LogP contribution is 2.23. The van der Waals surface area contributed by atoms with Gasteiger partial charge in [-0.05, 0) is 25.5 Å². The Morgan fingerprint density at radius 1 is 1.33 bits per heavy atom. The third-order valence-corrected chi connectivity index (χ3v) is 3.96. The molecule has 1 N–H and O–H groups in total. The fraction of sp³-hybridized carbons (Fsp3) is 0.389. The number of aromatic nitrogens is 2. The lowest BCUT2D eigenvalue weighted by molar-refractivity contribution is -0.119. The van der Waals surface area contributed by atoms with Gasteiger partial charge in [0, 0.05) is 18.3 Å². The van der Waals surface area contributed by atoms with Gasteiger partial charge >= 0.3 is 0 Å². The van der Waals surface area contributed by atoms with Crippen molar-refractivity contribution in [3.63, 3.8) is 0 Å². The first kappa shape index (κ1) is 17.5. The summed E-state index contributed by atoms with van der Waals surface area (Å²) in [6, 6.07) is 9.90. The van der Waals surface area contributed by atoms with E-state index in [1.807, 2.05) is 55.7 Å². The first-order valence-electron chi connectivity index (χ1n) is 8.24. The fourth-order valence-electron chi connectivity index (χ4n) is 2.72. The number of nitrogens with zero attached hydrogens (tertiary/aromatic N) is 4. The lowest BCUT2D eigenvalue weighted by Crippen LogP contribution is -2.25. The fourth-order valence-corrected chi connectivity index (χ4v) is 2.72. The number of nitrogens with one attached hydrogen (secondary N) is 1. The molecule has 3 rings (SSSR count). The summed E-state index contributed by atoms with van der Waals surface area (Å²) in [6.45, 7) is 6.43. The number of hydrogen-bond acceptors (Lipinski definition) is 4. The lowest BCUT2D eigenvalue weighted by atomic mass is 10.1. The van der Waals surface area contributed by atoms with Crippen molar-refractivity contribution < 1.29 is 4.79 Å². The average molecular weight is 325 g/mol. The summed E-state index contributed by atoms with van der Waals surface area (Å²) in [5.41, 5.74) is 0.987. The van der Waals surface area contributed by atoms with Crippen LogP contribution in [0, 0.1) is 17.4 Å². The number of carbonyl (C=O) groups excluding carboxylic acids is 1. The zero-order valence-electron chi connectivity index (χ0n) is 14.3. The van der Waals surface area contributed by atoms with Gasteiger partial charge in [-0.15, -0.1) is 0 Å². The Balaban J connectivity index is 0.00000100. The second kappa shape index (κ2) is 8.16. The highest BCUT2D eigenvalue weighted by atomic mass is 16.2. The van der Waals surface area contributed by atoms with Gasteiger partial charge in [0.05, 0.1) is 12.1 Å². The molecule has 0 saturated carbocycles. The molecule has 1 saturated heterocycles. The maximum absolute atomic E-state index is 12.3. The van der Waals surface area contributed by atoms with Crippen molar-refractivity contribution in [3.8, 4) is 11.9 Å². The molecule has 0 bridgehead atoms. The van der Waals surface area contributed by atoms with Crippen molar-refractivity contribution in [1.29, 1.82) is 5.26 Å². The third kappa shape index (κ3) is 3.93. The number of nitriles is 1. The van der Waals surface area contributed by atoms with E-state index in [1.54, 1.807) is 17.4 Å². The Bertz CT molecular complexity index is 704. The smallest absolute Gasteiger partial charge is 0.230 e. The Labute approximate surface area is 142 Å². The van der Waals surface area contributed by atoms with Crippen molar-refractivity contribution in [2.45, 2.75) is 33.2 Å². The number of likely N-dealkylation sites (tertiary alicyclic amines) is 1. The first-order valence-corrected chi connectivity index (χ1v) is 8.24. The van der Waals surface area contributed by atoms with Crippen LogP contribution in [-0.2, 0) is 4.79 Å². The number of imidazole rings is 1. The van der Waals surface area contributed by atoms with Crippen molar-refractivity contribution >= 4 is 11.7 Å². The Morgan fingerprint density at radius 3 is 2.67 bits per heavy atom. The van der Waals surface area contributed by atoms with Gasteiger partial charge < -0.3 is 14.8 Å². The van der Waals surface area contributed by atoms with Crippen LogP contribution in [0.5, 0.6) is 0 Å². The van der Waals surface area contributed by atoms with Crippen LogP contribution in [0.25, 0.3) is 5.69 Å². The number of para-hydroxylation sites is 1. The van der Waals surface area contributed by atoms with Crippen LogP contribution in [0.1, 0.15) is 27.2 Å². The summed E-state index contributed by atoms with van der Waals surface area (Å²) >= 11 is 0. The van der Waals surface area contributed by atoms with Crippen LogP contribution >= 0.6 is 0 Å². The molecule has 2 heterocycles. The van der Waals surface area contributed by atoms with Gasteiger partial charge in [0.2, 0.25) is 5.91 Å². The second-order valence-electron chi connectivity index (χ2n) is 5.52. The molecule has 0 aliphatic carbocycles. The molecule has 1 aliphatic heterocycles. The summed E-state index contributed by atoms with van der Waals surface area (Å²) < 4.78 is 1.86. The number of carbonyl (C=O) groups is 1. The Morgan fingerprint density at radius 2 is 2.04 bits per heavy atom. The summed E-state index contributed by atoms with van der Waals surface area (Å²) in [6.07, 6.45) is 6.27. The molecule has 6 heteroatoms. The molecular formula is C18H23N5O. The topological polar surface area (TPSA) is 74.0 Å². The Hall–Kier alpha value is -2.81. The highest BCUT2D eigenvalue weighted by molar-refractivity contribution is 5.92. The number of benzene rings is 1. The molecule has 6 nitrogen and oxygen atoms in total. The van der Waals surface area contributed by atoms with Crippen LogP contribution in [0.4, 0.5) is 5.82 Å². The van der Waals surface area contributed by atoms with Gasteiger partial charge in [-0.25, -0.2) is 4.98 Å². The molecule has 0 radical (unpaired) electrons. The van der Waals surface area contributed by atoms with E-state index in [1.165, 1.54) is 0 Å². The molecular weight excluding hydrogens is 302 g/mol. The van der Waals surface area contributed by atoms with E-state index >= 15 is 0 Å². The predicted octanol–water partition coefficient (Wildman–Crippen LogP) is 3.03. The van der Waals surface area contributed by atoms with Crippen molar-refractivity contribution in [2.75, 3.05) is 11.9 Å². The van der Waals surface area contributed by atoms with E-state index in [9.17, 15) is 4.79 Å². The number of rotatable bonds is 3. The molecule has 2 atom stereocenters. The summed E-state index contributed by atoms with van der Waals surface area (Å²) in [7, 11) is 0. The highest BCUT2D eigenvalue weighted by Gasteiger charge is 2.33. The van der Waals surface area contributed by atoms with Gasteiger partial charge in [-0.1, -0.05) is 32.0 Å². The van der Waals surface area contributed by atoms with Crippen LogP contribution in [0.2, 0.25) is 0 Å². The summed E-state index contributed by atoms with van der Waals surface area (Å²) in [5.74, 6) is 0.274. The normalized spacial score (nSPS) is 19.2. The molecule has 1 aromatic heterocycles. The first-order chi connectivity index (χ1) is 11.7. The number of amides is 1. The monoisotopic (exact) mass is 325 g/mol. The molecule has 1 aromatic carbocycles. The van der Waals surface area contributed by atoms with E-state index < -0.39 is 0 Å². The molecule has 1 aliphatic rings. The molecule has 2 aromatic rings. The Kier molecular flexibility index (Phi) is 5.96. The zero-order valence-corrected chi connectivity index (χ0v) is 14.3. The summed E-state index contributed by atoms with van der Waals surface area (Å²) in [4.78, 5) is 18.1. The summed E-state index contributed by atoms with van der Waals surface area (Å²) in [5, 5.41) is 11.8. The zero-order chi connectivity index (χ0) is 17.5. The van der Waals surface area contributed by atoms with Gasteiger partial charge in [-0.2, -0.15) is 5.26 Å². The van der Waals surface area contributed by atoms with Crippen molar-refractivity contribution in [1.82, 2.24) is 14.5 Å². The maximum Gasteiger partial charge on any atom is 0.230 e. The minimum Gasteiger partial charge on any atom is -0.309 e. The number of anilines is 1. The van der Waals surface area contributed by atoms with Crippen LogP contribution in [-0.4, -0.2) is 32.9 Å². The van der Waals surface area contributed by atoms with Crippen LogP contribution in [0.3, 0.4) is 0 Å². The quantitative estimate of drug-likeness (QED) is 0.880. The van der Waals surface area contributed by atoms with Gasteiger partial charge in [0.25, 0.3) is 0 Å². The standard InChI is InChI=1S/C16H17N5O.C2H6/c1-12-7-13(8-20(12)10-17)16(22)19-15-9-21(11-18-15)14-5-3-2-4-6-14;1-2/h2-6,9,11-13H,7-8H2,1H3,(H,19,22);1-2H3. The van der Waals surface area contributed by atoms with E-state index in [2.05, 4.69) is 16.5 Å². The molecule has 1 amide bonds. The van der Waals surface area contributed by atoms with Gasteiger partial charge in [-0.3, -0.25) is 4.79 Å². The van der Waals surface area contributed by atoms with Crippen LogP contribution < -0.4 is 5.32 Å². The minimum absolute atomic E-state index is 0.0806. The third-order valence-electron chi connectivity index (χ3n) is 3.96. The van der Waals surface area contributed by atoms with Crippen molar-refractivity contribution in [2.24, 2.45) is 5.92 Å². The van der Waals surface area contributed by atoms with Gasteiger partial charge in [0.15, 0.2) is 12.0 Å². The molecule has 126 valence electrons. The van der Waals surface area contributed by atoms with Crippen molar-refractivity contribution in [3.05, 3.63) is 42.9 Å². The molecule has 24 heavy (non-hydrogen) atoms. The van der Waals surface area contributed by atoms with E-state index in [0.717, 1.165) is 5.69 Å². The predicted molar refractivity (Wildman–Crippen MR) is 93.4 cm³/mol. The second-order valence-corrected chi connectivity index (χ2v) is 5.52. The average Bonchev–Trinajstić information content (AvgIpc) is 3.24. The molecule has 0 spiro atoms. The van der Waals surface area contributed by atoms with E-state index in [0.29, 0.717) is 18.8 Å². The maximum atomic E-state index is 12.3. The van der Waals surface area contributed by atoms with E-state index in [4.69, 9.17) is 5.26 Å². The largest absolute Gasteiger partial charge is 0.309 e. The SMILES string of the molecule is CC.CC1CC(C(=O)Nc2cn(-c3ccccc3)cn2)CN1C#N. The minimum atomic E-state index is -0.170. The molecule has 1 fully saturated rings. The van der Waals surface area contributed by atoms with Gasteiger partial charge in [0.1, 0.15) is 6.33 Å². The van der Waals surface area contributed by atoms with Crippen LogP contribution in [0.15, 0.2) is 42.9 Å². The number of hydrogen-bond donors (Lipinski definition) is 1. The lowest BCUT2D eigenvalue weighted by Gasteiger charge is -2.11.